The molecule has 1 aromatic carbocycles. The number of phosphoric acid groups is 2. The Bertz CT molecular complexity index is 1100. The third-order valence-electron chi connectivity index (χ3n) is 4.49. The zero-order chi connectivity index (χ0) is 24.4. The van der Waals surface area contributed by atoms with E-state index in [1.807, 2.05) is 13.8 Å². The summed E-state index contributed by atoms with van der Waals surface area (Å²) in [7, 11) is -9.50. The molecule has 0 radical (unpaired) electrons. The molecule has 0 atom stereocenters. The van der Waals surface area contributed by atoms with Gasteiger partial charge in [-0.3, -0.25) is 19.1 Å². The summed E-state index contributed by atoms with van der Waals surface area (Å²) >= 11 is 6.16. The normalized spacial score (nSPS) is 12.4. The number of hydrogen-bond acceptors (Lipinski definition) is 5. The topological polar surface area (TPSA) is 182 Å². The van der Waals surface area contributed by atoms with Gasteiger partial charge in [0.15, 0.2) is 0 Å². The van der Waals surface area contributed by atoms with E-state index in [1.165, 1.54) is 18.2 Å². The van der Waals surface area contributed by atoms with Gasteiger partial charge in [-0.05, 0) is 37.0 Å². The van der Waals surface area contributed by atoms with Crippen molar-refractivity contribution in [3.63, 3.8) is 0 Å². The van der Waals surface area contributed by atoms with E-state index in [0.717, 1.165) is 0 Å². The first-order valence-corrected chi connectivity index (χ1v) is 12.8. The first-order valence-electron chi connectivity index (χ1n) is 9.37. The van der Waals surface area contributed by atoms with Crippen molar-refractivity contribution in [2.45, 2.75) is 33.7 Å². The Morgan fingerprint density at radius 2 is 1.81 bits per heavy atom. The molecule has 1 amide bonds. The van der Waals surface area contributed by atoms with Crippen molar-refractivity contribution in [3.8, 4) is 16.9 Å². The number of phosphoric ester groups is 2. The van der Waals surface area contributed by atoms with Crippen molar-refractivity contribution in [1.82, 2.24) is 4.57 Å². The number of aromatic nitrogens is 1. The predicted octanol–water partition coefficient (Wildman–Crippen LogP) is 3.00. The van der Waals surface area contributed by atoms with Crippen LogP contribution in [0, 0.1) is 12.8 Å². The predicted molar refractivity (Wildman–Crippen MR) is 117 cm³/mol. The van der Waals surface area contributed by atoms with Crippen LogP contribution in [0.4, 0.5) is 0 Å². The highest BCUT2D eigenvalue weighted by Crippen LogP contribution is 2.43. The molecule has 1 aromatic heterocycles. The van der Waals surface area contributed by atoms with Crippen molar-refractivity contribution in [1.29, 1.82) is 0 Å². The van der Waals surface area contributed by atoms with E-state index in [2.05, 4.69) is 9.05 Å². The molecule has 0 saturated heterocycles. The number of rotatable bonds is 10. The second kappa shape index (κ2) is 10.1. The van der Waals surface area contributed by atoms with Crippen molar-refractivity contribution in [2.24, 2.45) is 11.7 Å². The van der Waals surface area contributed by atoms with Gasteiger partial charge in [0.25, 0.3) is 5.91 Å². The molecule has 0 bridgehead atoms. The number of halogens is 1. The van der Waals surface area contributed by atoms with Crippen molar-refractivity contribution in [2.75, 3.05) is 6.61 Å². The highest BCUT2D eigenvalue weighted by molar-refractivity contribution is 7.46. The fourth-order valence-corrected chi connectivity index (χ4v) is 4.43. The van der Waals surface area contributed by atoms with Crippen molar-refractivity contribution >= 4 is 33.2 Å². The maximum absolute atomic E-state index is 12.3. The van der Waals surface area contributed by atoms with Crippen LogP contribution in [0.25, 0.3) is 11.1 Å². The molecule has 6 N–H and O–H groups in total. The Morgan fingerprint density at radius 1 is 1.19 bits per heavy atom. The zero-order valence-electron chi connectivity index (χ0n) is 17.6. The second-order valence-corrected chi connectivity index (χ2v) is 10.3. The number of carbonyl (C=O) groups excluding carboxylic acids is 1. The van der Waals surface area contributed by atoms with E-state index in [1.54, 1.807) is 11.5 Å². The third-order valence-corrected chi connectivity index (χ3v) is 5.74. The van der Waals surface area contributed by atoms with E-state index in [0.29, 0.717) is 28.9 Å². The first kappa shape index (κ1) is 26.6. The number of benzene rings is 1. The highest BCUT2D eigenvalue weighted by Gasteiger charge is 2.27. The average Bonchev–Trinajstić information content (AvgIpc) is 2.86. The maximum Gasteiger partial charge on any atom is 0.524 e. The monoisotopic (exact) mass is 510 g/mol. The molecule has 11 nitrogen and oxygen atoms in total. The molecule has 0 unspecified atom stereocenters. The lowest BCUT2D eigenvalue weighted by atomic mass is 9.96. The molecule has 0 aliphatic carbocycles. The van der Waals surface area contributed by atoms with Crippen LogP contribution >= 0.6 is 27.2 Å². The van der Waals surface area contributed by atoms with E-state index in [9.17, 15) is 13.9 Å². The molecule has 32 heavy (non-hydrogen) atoms. The Balaban J connectivity index is 2.65. The lowest BCUT2D eigenvalue weighted by molar-refractivity contribution is 0.0999. The standard InChI is InChI=1S/C18H25ClN2O9P2/c1-10(2)8-14-17(12-4-5-15(13(19)9-12)30-32(26,27)28)16(18(20)22)11(3)21(14)6-7-29-31(23,24)25/h4-5,9-10H,6-8H2,1-3H3,(H2,20,22)(H2,23,24,25)(H2,26,27,28). The molecule has 0 spiro atoms. The number of nitrogens with zero attached hydrogens (tertiary/aromatic N) is 1. The largest absolute Gasteiger partial charge is 0.524 e. The number of nitrogens with two attached hydrogens (primary N) is 1. The molecular formula is C18H25ClN2O9P2. The van der Waals surface area contributed by atoms with Crippen molar-refractivity contribution in [3.05, 3.63) is 40.2 Å². The fraction of sp³-hybridized carbons (Fsp3) is 0.389. The summed E-state index contributed by atoms with van der Waals surface area (Å²) in [6, 6.07) is 4.15. The molecule has 0 saturated carbocycles. The van der Waals surface area contributed by atoms with E-state index >= 15 is 0 Å². The molecule has 0 fully saturated rings. The SMILES string of the molecule is Cc1c(C(N)=O)c(-c2ccc(OP(=O)(O)O)c(Cl)c2)c(CC(C)C)n1CCOP(=O)(O)O. The van der Waals surface area contributed by atoms with Gasteiger partial charge in [-0.25, -0.2) is 9.13 Å². The van der Waals surface area contributed by atoms with Gasteiger partial charge in [-0.15, -0.1) is 0 Å². The van der Waals surface area contributed by atoms with Crippen LogP contribution in [0.1, 0.15) is 35.6 Å². The minimum absolute atomic E-state index is 0.0480. The van der Waals surface area contributed by atoms with E-state index in [4.69, 9.17) is 36.9 Å². The quantitative estimate of drug-likeness (QED) is 0.300. The summed E-state index contributed by atoms with van der Waals surface area (Å²) in [6.45, 7) is 5.30. The van der Waals surface area contributed by atoms with Gasteiger partial charge in [-0.2, -0.15) is 0 Å². The Labute approximate surface area is 189 Å². The lowest BCUT2D eigenvalue weighted by Gasteiger charge is -2.16. The fourth-order valence-electron chi connectivity index (χ4n) is 3.42. The van der Waals surface area contributed by atoms with Crippen LogP contribution in [0.5, 0.6) is 5.75 Å². The van der Waals surface area contributed by atoms with Gasteiger partial charge in [0.2, 0.25) is 0 Å². The Kier molecular flexibility index (Phi) is 8.36. The zero-order valence-corrected chi connectivity index (χ0v) is 20.1. The van der Waals surface area contributed by atoms with Crippen LogP contribution in [-0.2, 0) is 26.6 Å². The van der Waals surface area contributed by atoms with Gasteiger partial charge in [0.1, 0.15) is 5.75 Å². The van der Waals surface area contributed by atoms with Crippen LogP contribution in [0.3, 0.4) is 0 Å². The third kappa shape index (κ3) is 6.91. The molecule has 0 aliphatic heterocycles. The summed E-state index contributed by atoms with van der Waals surface area (Å²) in [5.41, 5.74) is 7.90. The van der Waals surface area contributed by atoms with Gasteiger partial charge in [-0.1, -0.05) is 31.5 Å². The molecule has 14 heteroatoms. The second-order valence-electron chi connectivity index (χ2n) is 7.45. The Hall–Kier alpha value is -1.68. The van der Waals surface area contributed by atoms with Gasteiger partial charge >= 0.3 is 15.6 Å². The molecule has 0 aliphatic rings. The summed E-state index contributed by atoms with van der Waals surface area (Å²) in [5, 5.41) is -0.0908. The summed E-state index contributed by atoms with van der Waals surface area (Å²) in [4.78, 5) is 48.3. The van der Waals surface area contributed by atoms with Crippen molar-refractivity contribution < 1.29 is 42.5 Å². The van der Waals surface area contributed by atoms with E-state index in [-0.39, 0.29) is 35.4 Å². The highest BCUT2D eigenvalue weighted by atomic mass is 35.5. The number of primary amides is 1. The van der Waals surface area contributed by atoms with E-state index < -0.39 is 21.6 Å². The molecule has 2 aromatic rings. The minimum Gasteiger partial charge on any atom is -0.403 e. The maximum atomic E-state index is 12.3. The lowest BCUT2D eigenvalue weighted by Crippen LogP contribution is -2.14. The van der Waals surface area contributed by atoms with Crippen LogP contribution < -0.4 is 10.3 Å². The summed E-state index contributed by atoms with van der Waals surface area (Å²) in [5.74, 6) is -0.817. The van der Waals surface area contributed by atoms with Crippen LogP contribution in [0.15, 0.2) is 18.2 Å². The molecule has 2 rings (SSSR count). The smallest absolute Gasteiger partial charge is 0.403 e. The summed E-state index contributed by atoms with van der Waals surface area (Å²) < 4.78 is 33.0. The number of hydrogen-bond donors (Lipinski definition) is 5. The van der Waals surface area contributed by atoms with Crippen LogP contribution in [0.2, 0.25) is 5.02 Å². The van der Waals surface area contributed by atoms with Gasteiger partial charge in [0, 0.05) is 23.5 Å². The minimum atomic E-state index is -4.83. The molecule has 178 valence electrons. The number of carbonyl (C=O) groups is 1. The van der Waals surface area contributed by atoms with Crippen LogP contribution in [-0.4, -0.2) is 36.7 Å². The van der Waals surface area contributed by atoms with Gasteiger partial charge in [0.05, 0.1) is 17.2 Å². The summed E-state index contributed by atoms with van der Waals surface area (Å²) in [6.07, 6.45) is 0.484. The average molecular weight is 511 g/mol. The van der Waals surface area contributed by atoms with Gasteiger partial charge < -0.3 is 24.6 Å². The molecule has 1 heterocycles. The first-order chi connectivity index (χ1) is 14.6. The Morgan fingerprint density at radius 3 is 2.28 bits per heavy atom. The number of amides is 1. The molecular weight excluding hydrogens is 486 g/mol.